The molecule has 7 nitrogen and oxygen atoms in total. The number of thiazole rings is 1. The van der Waals surface area contributed by atoms with E-state index in [0.29, 0.717) is 27.0 Å². The number of nitrogens with zero attached hydrogens (tertiary/aromatic N) is 3. The Morgan fingerprint density at radius 3 is 2.61 bits per heavy atom. The van der Waals surface area contributed by atoms with Gasteiger partial charge in [0.25, 0.3) is 11.5 Å². The summed E-state index contributed by atoms with van der Waals surface area (Å²) in [5.41, 5.74) is 4.51. The van der Waals surface area contributed by atoms with Gasteiger partial charge in [0.05, 0.1) is 24.1 Å². The highest BCUT2D eigenvalue weighted by Crippen LogP contribution is 2.47. The molecular weight excluding hydrogens is 396 g/mol. The van der Waals surface area contributed by atoms with Crippen LogP contribution in [-0.2, 0) is 11.3 Å². The van der Waals surface area contributed by atoms with E-state index in [4.69, 9.17) is 4.74 Å². The molecule has 0 fully saturated rings. The Hall–Kier alpha value is -2.52. The number of anilines is 1. The van der Waals surface area contributed by atoms with Gasteiger partial charge in [0.2, 0.25) is 0 Å². The van der Waals surface area contributed by atoms with Crippen molar-refractivity contribution >= 4 is 51.0 Å². The van der Waals surface area contributed by atoms with E-state index in [2.05, 4.69) is 22.4 Å². The van der Waals surface area contributed by atoms with Gasteiger partial charge < -0.3 is 9.64 Å². The van der Waals surface area contributed by atoms with Crippen molar-refractivity contribution in [2.24, 2.45) is 5.10 Å². The van der Waals surface area contributed by atoms with Crippen LogP contribution in [0.25, 0.3) is 10.6 Å². The molecule has 2 aromatic rings. The number of aromatic nitrogens is 1. The predicted molar refractivity (Wildman–Crippen MR) is 113 cm³/mol. The SMILES string of the molecule is CCN1/C(=c2/s/c(=C3/C(=O)NN=C3C)n(CC)c2=O)Sc2ccc(OC)cc21. The number of hydrazone groups is 1. The van der Waals surface area contributed by atoms with E-state index in [0.717, 1.165) is 27.9 Å². The summed E-state index contributed by atoms with van der Waals surface area (Å²) in [4.78, 5) is 28.7. The lowest BCUT2D eigenvalue weighted by Crippen LogP contribution is -2.35. The number of fused-ring (bicyclic) bond motifs is 1. The van der Waals surface area contributed by atoms with Crippen molar-refractivity contribution < 1.29 is 9.53 Å². The number of hydrogen-bond acceptors (Lipinski definition) is 7. The van der Waals surface area contributed by atoms with E-state index in [9.17, 15) is 9.59 Å². The number of amides is 1. The molecule has 0 radical (unpaired) electrons. The van der Waals surface area contributed by atoms with E-state index in [1.165, 1.54) is 11.3 Å². The van der Waals surface area contributed by atoms with Crippen molar-refractivity contribution in [3.8, 4) is 5.75 Å². The molecule has 1 aromatic carbocycles. The monoisotopic (exact) mass is 416 g/mol. The molecule has 1 amide bonds. The van der Waals surface area contributed by atoms with Crippen LogP contribution in [0.1, 0.15) is 20.8 Å². The van der Waals surface area contributed by atoms with Gasteiger partial charge in [-0.2, -0.15) is 5.10 Å². The maximum Gasteiger partial charge on any atom is 0.276 e. The molecule has 0 atom stereocenters. The zero-order chi connectivity index (χ0) is 20.0. The predicted octanol–water partition coefficient (Wildman–Crippen LogP) is 1.29. The molecule has 1 N–H and O–H groups in total. The van der Waals surface area contributed by atoms with E-state index in [-0.39, 0.29) is 11.5 Å². The molecule has 2 aliphatic heterocycles. The molecule has 3 heterocycles. The third kappa shape index (κ3) is 2.77. The van der Waals surface area contributed by atoms with Gasteiger partial charge in [-0.1, -0.05) is 11.8 Å². The Morgan fingerprint density at radius 1 is 1.21 bits per heavy atom. The summed E-state index contributed by atoms with van der Waals surface area (Å²) in [6.07, 6.45) is 0. The summed E-state index contributed by atoms with van der Waals surface area (Å²) in [6, 6.07) is 5.92. The first kappa shape index (κ1) is 18.8. The first-order chi connectivity index (χ1) is 13.5. The summed E-state index contributed by atoms with van der Waals surface area (Å²) in [5.74, 6) is 0.513. The molecule has 2 aliphatic rings. The number of benzene rings is 1. The number of carbonyl (C=O) groups is 1. The van der Waals surface area contributed by atoms with E-state index in [1.807, 2.05) is 25.1 Å². The fourth-order valence-electron chi connectivity index (χ4n) is 3.35. The number of thioether (sulfide) groups is 1. The average molecular weight is 417 g/mol. The third-order valence-corrected chi connectivity index (χ3v) is 7.25. The minimum absolute atomic E-state index is 0.0804. The molecule has 0 spiro atoms. The Labute approximate surface area is 170 Å². The van der Waals surface area contributed by atoms with Gasteiger partial charge in [-0.15, -0.1) is 11.3 Å². The van der Waals surface area contributed by atoms with Crippen LogP contribution >= 0.6 is 23.1 Å². The van der Waals surface area contributed by atoms with Gasteiger partial charge in [0.15, 0.2) is 0 Å². The van der Waals surface area contributed by atoms with Gasteiger partial charge in [-0.3, -0.25) is 14.2 Å². The highest BCUT2D eigenvalue weighted by molar-refractivity contribution is 8.08. The van der Waals surface area contributed by atoms with Crippen LogP contribution in [0, 0.1) is 0 Å². The molecule has 0 saturated carbocycles. The lowest BCUT2D eigenvalue weighted by molar-refractivity contribution is -0.115. The zero-order valence-electron chi connectivity index (χ0n) is 16.0. The van der Waals surface area contributed by atoms with Gasteiger partial charge in [-0.25, -0.2) is 5.43 Å². The maximum atomic E-state index is 13.2. The molecule has 9 heteroatoms. The minimum atomic E-state index is -0.267. The second-order valence-corrected chi connectivity index (χ2v) is 8.31. The van der Waals surface area contributed by atoms with E-state index < -0.39 is 0 Å². The molecule has 146 valence electrons. The normalized spacial score (nSPS) is 19.6. The van der Waals surface area contributed by atoms with Crippen molar-refractivity contribution in [3.63, 3.8) is 0 Å². The van der Waals surface area contributed by atoms with E-state index >= 15 is 0 Å². The first-order valence-corrected chi connectivity index (χ1v) is 10.6. The van der Waals surface area contributed by atoms with Crippen molar-refractivity contribution in [2.45, 2.75) is 32.2 Å². The number of methoxy groups -OCH3 is 1. The molecule has 0 saturated heterocycles. The molecule has 0 unspecified atom stereocenters. The van der Waals surface area contributed by atoms with Crippen molar-refractivity contribution in [1.82, 2.24) is 9.99 Å². The second-order valence-electron chi connectivity index (χ2n) is 6.28. The molecule has 28 heavy (non-hydrogen) atoms. The average Bonchev–Trinajstić information content (AvgIpc) is 3.33. The number of rotatable bonds is 3. The minimum Gasteiger partial charge on any atom is -0.497 e. The van der Waals surface area contributed by atoms with Crippen LogP contribution in [0.15, 0.2) is 33.0 Å². The van der Waals surface area contributed by atoms with Crippen molar-refractivity contribution in [3.05, 3.63) is 37.7 Å². The van der Waals surface area contributed by atoms with Crippen LogP contribution < -0.4 is 29.8 Å². The lowest BCUT2D eigenvalue weighted by atomic mass is 10.2. The molecule has 1 aromatic heterocycles. The number of ether oxygens (including phenoxy) is 1. The summed E-state index contributed by atoms with van der Waals surface area (Å²) in [5, 5.41) is 4.90. The zero-order valence-corrected chi connectivity index (χ0v) is 17.7. The van der Waals surface area contributed by atoms with Crippen molar-refractivity contribution in [1.29, 1.82) is 0 Å². The van der Waals surface area contributed by atoms with Crippen LogP contribution in [0.5, 0.6) is 5.75 Å². The Morgan fingerprint density at radius 2 is 2.00 bits per heavy atom. The number of hydrogen-bond donors (Lipinski definition) is 1. The second kappa shape index (κ2) is 7.14. The number of carbonyl (C=O) groups excluding carboxylic acids is 1. The third-order valence-electron chi connectivity index (χ3n) is 4.75. The standard InChI is InChI=1S/C19H20N4O3S2/c1-5-22-12-9-11(26-4)7-8-13(12)27-19(22)15-17(25)23(6-2)18(28-15)14-10(3)20-21-16(14)24/h7-9H,5-6H2,1-4H3,(H,21,24)/b18-14+,19-15-. The maximum absolute atomic E-state index is 13.2. The summed E-state index contributed by atoms with van der Waals surface area (Å²) >= 11 is 2.93. The van der Waals surface area contributed by atoms with Crippen LogP contribution in [0.4, 0.5) is 5.69 Å². The lowest BCUT2D eigenvalue weighted by Gasteiger charge is -2.17. The molecule has 4 rings (SSSR count). The summed E-state index contributed by atoms with van der Waals surface area (Å²) < 4.78 is 8.30. The van der Waals surface area contributed by atoms with Crippen LogP contribution in [0.2, 0.25) is 0 Å². The van der Waals surface area contributed by atoms with Gasteiger partial charge in [0, 0.05) is 24.1 Å². The molecular formula is C19H20N4O3S2. The fourth-order valence-corrected chi connectivity index (χ4v) is 5.99. The Balaban J connectivity index is 2.01. The Bertz CT molecular complexity index is 1190. The van der Waals surface area contributed by atoms with Crippen LogP contribution in [0.3, 0.4) is 0 Å². The quantitative estimate of drug-likeness (QED) is 0.816. The Kier molecular flexibility index (Phi) is 4.80. The first-order valence-electron chi connectivity index (χ1n) is 8.96. The molecule has 0 bridgehead atoms. The number of nitrogens with one attached hydrogen (secondary N) is 1. The molecule has 0 aliphatic carbocycles. The summed E-state index contributed by atoms with van der Waals surface area (Å²) in [7, 11) is 1.64. The largest absolute Gasteiger partial charge is 0.497 e. The van der Waals surface area contributed by atoms with E-state index in [1.54, 1.807) is 30.4 Å². The van der Waals surface area contributed by atoms with Crippen molar-refractivity contribution in [2.75, 3.05) is 18.6 Å². The van der Waals surface area contributed by atoms with Gasteiger partial charge >= 0.3 is 0 Å². The van der Waals surface area contributed by atoms with Crippen LogP contribution in [-0.4, -0.2) is 29.8 Å². The van der Waals surface area contributed by atoms with Gasteiger partial charge in [-0.05, 0) is 32.9 Å². The highest BCUT2D eigenvalue weighted by atomic mass is 32.2. The fraction of sp³-hybridized carbons (Fsp3) is 0.316. The topological polar surface area (TPSA) is 75.9 Å². The highest BCUT2D eigenvalue weighted by Gasteiger charge is 2.28. The summed E-state index contributed by atoms with van der Waals surface area (Å²) in [6.45, 7) is 6.94. The smallest absolute Gasteiger partial charge is 0.276 e. The van der Waals surface area contributed by atoms with Gasteiger partial charge in [0.1, 0.15) is 20.0 Å².